The summed E-state index contributed by atoms with van der Waals surface area (Å²) in [7, 11) is 0. The van der Waals surface area contributed by atoms with Gasteiger partial charge in [0.15, 0.2) is 5.84 Å². The first-order chi connectivity index (χ1) is 7.72. The van der Waals surface area contributed by atoms with Crippen molar-refractivity contribution in [1.82, 2.24) is 9.78 Å². The smallest absolute Gasteiger partial charge is 0.172 e. The monoisotopic (exact) mass is 328 g/mol. The van der Waals surface area contributed by atoms with Crippen molar-refractivity contribution in [3.05, 3.63) is 45.8 Å². The van der Waals surface area contributed by atoms with Crippen LogP contribution in [-0.2, 0) is 0 Å². The van der Waals surface area contributed by atoms with Gasteiger partial charge in [0.1, 0.15) is 0 Å². The molecule has 3 N–H and O–H groups in total. The van der Waals surface area contributed by atoms with E-state index in [1.165, 1.54) is 0 Å². The van der Waals surface area contributed by atoms with Crippen LogP contribution in [0.3, 0.4) is 0 Å². The highest BCUT2D eigenvalue weighted by Crippen LogP contribution is 2.14. The van der Waals surface area contributed by atoms with E-state index in [4.69, 9.17) is 10.9 Å². The van der Waals surface area contributed by atoms with E-state index in [2.05, 4.69) is 32.8 Å². The molecule has 5 nitrogen and oxygen atoms in total. The van der Waals surface area contributed by atoms with E-state index in [1.54, 1.807) is 16.9 Å². The molecule has 0 unspecified atom stereocenters. The van der Waals surface area contributed by atoms with Gasteiger partial charge in [0.2, 0.25) is 0 Å². The second-order valence-corrected chi connectivity index (χ2v) is 4.35. The molecule has 1 heterocycles. The highest BCUT2D eigenvalue weighted by atomic mass is 127. The Morgan fingerprint density at radius 1 is 1.44 bits per heavy atom. The third kappa shape index (κ3) is 2.01. The molecule has 6 heteroatoms. The molecule has 0 radical (unpaired) electrons. The van der Waals surface area contributed by atoms with Gasteiger partial charge in [0.05, 0.1) is 15.5 Å². The molecule has 0 spiro atoms. The lowest BCUT2D eigenvalue weighted by atomic mass is 10.1. The quantitative estimate of drug-likeness (QED) is 0.289. The number of oxime groups is 1. The summed E-state index contributed by atoms with van der Waals surface area (Å²) in [5.74, 6) is 0.0705. The Labute approximate surface area is 106 Å². The van der Waals surface area contributed by atoms with Crippen molar-refractivity contribution in [3.8, 4) is 5.69 Å². The van der Waals surface area contributed by atoms with Gasteiger partial charge < -0.3 is 10.9 Å². The maximum atomic E-state index is 8.70. The Balaban J connectivity index is 2.57. The topological polar surface area (TPSA) is 76.4 Å². The molecule has 1 aromatic heterocycles. The molecular weight excluding hydrogens is 319 g/mol. The van der Waals surface area contributed by atoms with E-state index in [0.717, 1.165) is 9.26 Å². The van der Waals surface area contributed by atoms with Crippen LogP contribution in [0, 0.1) is 3.57 Å². The molecule has 0 saturated carbocycles. The fraction of sp³-hybridized carbons (Fsp3) is 0. The summed E-state index contributed by atoms with van der Waals surface area (Å²) in [5.41, 5.74) is 7.02. The van der Waals surface area contributed by atoms with Crippen LogP contribution in [0.1, 0.15) is 5.56 Å². The number of halogens is 1. The van der Waals surface area contributed by atoms with Gasteiger partial charge in [0, 0.05) is 11.8 Å². The van der Waals surface area contributed by atoms with Gasteiger partial charge in [-0.3, -0.25) is 0 Å². The van der Waals surface area contributed by atoms with E-state index < -0.39 is 0 Å². The molecule has 2 aromatic rings. The summed E-state index contributed by atoms with van der Waals surface area (Å²) in [6, 6.07) is 7.33. The molecule has 0 atom stereocenters. The van der Waals surface area contributed by atoms with Crippen molar-refractivity contribution in [3.63, 3.8) is 0 Å². The number of hydrogen-bond donors (Lipinski definition) is 2. The van der Waals surface area contributed by atoms with Crippen LogP contribution in [0.4, 0.5) is 0 Å². The predicted molar refractivity (Wildman–Crippen MR) is 68.8 cm³/mol. The third-order valence-electron chi connectivity index (χ3n) is 2.09. The highest BCUT2D eigenvalue weighted by molar-refractivity contribution is 14.1. The lowest BCUT2D eigenvalue weighted by Gasteiger charge is -2.07. The maximum absolute atomic E-state index is 8.70. The number of nitrogens with two attached hydrogens (primary N) is 1. The van der Waals surface area contributed by atoms with Crippen LogP contribution < -0.4 is 5.73 Å². The van der Waals surface area contributed by atoms with Gasteiger partial charge in [0.25, 0.3) is 0 Å². The van der Waals surface area contributed by atoms with Crippen molar-refractivity contribution in [1.29, 1.82) is 0 Å². The molecule has 0 fully saturated rings. The van der Waals surface area contributed by atoms with Gasteiger partial charge in [-0.05, 0) is 34.7 Å². The fourth-order valence-corrected chi connectivity index (χ4v) is 1.76. The van der Waals surface area contributed by atoms with Crippen LogP contribution >= 0.6 is 22.6 Å². The fourth-order valence-electron chi connectivity index (χ4n) is 1.38. The van der Waals surface area contributed by atoms with Crippen LogP contribution in [0.2, 0.25) is 0 Å². The van der Waals surface area contributed by atoms with Crippen LogP contribution in [0.15, 0.2) is 41.8 Å². The second-order valence-electron chi connectivity index (χ2n) is 3.11. The summed E-state index contributed by atoms with van der Waals surface area (Å²) in [6.07, 6.45) is 3.60. The molecule has 0 bridgehead atoms. The molecule has 0 aliphatic heterocycles. The van der Waals surface area contributed by atoms with E-state index in [9.17, 15) is 0 Å². The minimum Gasteiger partial charge on any atom is -0.409 e. The number of rotatable bonds is 2. The zero-order valence-corrected chi connectivity index (χ0v) is 10.4. The predicted octanol–water partition coefficient (Wildman–Crippen LogP) is 1.57. The summed E-state index contributed by atoms with van der Waals surface area (Å²) in [5, 5.41) is 15.9. The normalized spacial score (nSPS) is 11.7. The average molecular weight is 328 g/mol. The van der Waals surface area contributed by atoms with E-state index in [0.29, 0.717) is 5.56 Å². The van der Waals surface area contributed by atoms with Crippen LogP contribution in [0.25, 0.3) is 5.69 Å². The number of amidine groups is 1. The van der Waals surface area contributed by atoms with Gasteiger partial charge in [-0.15, -0.1) is 0 Å². The molecule has 82 valence electrons. The Morgan fingerprint density at radius 3 is 2.81 bits per heavy atom. The van der Waals surface area contributed by atoms with Gasteiger partial charge >= 0.3 is 0 Å². The number of nitrogens with zero attached hydrogens (tertiary/aromatic N) is 3. The van der Waals surface area contributed by atoms with Crippen molar-refractivity contribution >= 4 is 28.4 Å². The standard InChI is InChI=1S/C10H9IN4O/c11-7-5-13-15(6-7)9-4-2-1-3-8(9)10(12)14-16/h1-6,16H,(H2,12,14). The lowest BCUT2D eigenvalue weighted by molar-refractivity contribution is 0.318. The SMILES string of the molecule is NC(=NO)c1ccccc1-n1cc(I)cn1. The summed E-state index contributed by atoms with van der Waals surface area (Å²) in [4.78, 5) is 0. The number of aromatic nitrogens is 2. The first-order valence-corrected chi connectivity index (χ1v) is 5.57. The third-order valence-corrected chi connectivity index (χ3v) is 2.64. The summed E-state index contributed by atoms with van der Waals surface area (Å²) in [6.45, 7) is 0. The molecule has 1 aromatic carbocycles. The molecule has 0 aliphatic rings. The lowest BCUT2D eigenvalue weighted by Crippen LogP contribution is -2.16. The molecule has 0 aliphatic carbocycles. The molecule has 0 saturated heterocycles. The number of benzene rings is 1. The Morgan fingerprint density at radius 2 is 2.19 bits per heavy atom. The highest BCUT2D eigenvalue weighted by Gasteiger charge is 2.08. The first kappa shape index (κ1) is 10.9. The van der Waals surface area contributed by atoms with Crippen molar-refractivity contribution in [2.75, 3.05) is 0 Å². The van der Waals surface area contributed by atoms with E-state index >= 15 is 0 Å². The largest absolute Gasteiger partial charge is 0.409 e. The van der Waals surface area contributed by atoms with Crippen LogP contribution in [0.5, 0.6) is 0 Å². The molecular formula is C10H9IN4O. The average Bonchev–Trinajstić information content (AvgIpc) is 2.75. The maximum Gasteiger partial charge on any atom is 0.172 e. The zero-order chi connectivity index (χ0) is 11.5. The van der Waals surface area contributed by atoms with Crippen molar-refractivity contribution in [2.24, 2.45) is 10.9 Å². The van der Waals surface area contributed by atoms with E-state index in [1.807, 2.05) is 24.4 Å². The molecule has 2 rings (SSSR count). The van der Waals surface area contributed by atoms with Gasteiger partial charge in [-0.1, -0.05) is 17.3 Å². The number of para-hydroxylation sites is 1. The van der Waals surface area contributed by atoms with Crippen molar-refractivity contribution < 1.29 is 5.21 Å². The molecule has 0 amide bonds. The Kier molecular flexibility index (Phi) is 3.09. The second kappa shape index (κ2) is 4.52. The van der Waals surface area contributed by atoms with Crippen molar-refractivity contribution in [2.45, 2.75) is 0 Å². The zero-order valence-electron chi connectivity index (χ0n) is 8.21. The minimum absolute atomic E-state index is 0.0705. The number of hydrogen-bond acceptors (Lipinski definition) is 3. The summed E-state index contributed by atoms with van der Waals surface area (Å²) < 4.78 is 2.71. The Hall–Kier alpha value is -1.57. The molecule has 16 heavy (non-hydrogen) atoms. The van der Waals surface area contributed by atoms with Gasteiger partial charge in [-0.2, -0.15) is 5.10 Å². The summed E-state index contributed by atoms with van der Waals surface area (Å²) >= 11 is 2.17. The Bertz CT molecular complexity index is 535. The van der Waals surface area contributed by atoms with Crippen LogP contribution in [-0.4, -0.2) is 20.8 Å². The van der Waals surface area contributed by atoms with E-state index in [-0.39, 0.29) is 5.84 Å². The first-order valence-electron chi connectivity index (χ1n) is 4.50. The minimum atomic E-state index is 0.0705. The van der Waals surface area contributed by atoms with Gasteiger partial charge in [-0.25, -0.2) is 4.68 Å².